The lowest BCUT2D eigenvalue weighted by molar-refractivity contribution is -0.132. The van der Waals surface area contributed by atoms with Crippen molar-refractivity contribution in [2.24, 2.45) is 0 Å². The minimum Gasteiger partial charge on any atom is -0.342 e. The summed E-state index contributed by atoms with van der Waals surface area (Å²) in [7, 11) is 1.82. The minimum atomic E-state index is -0.162. The molecule has 0 saturated heterocycles. The van der Waals surface area contributed by atoms with Gasteiger partial charge in [-0.2, -0.15) is 5.26 Å². The van der Waals surface area contributed by atoms with Crippen LogP contribution >= 0.6 is 0 Å². The van der Waals surface area contributed by atoms with Crippen LogP contribution in [0.1, 0.15) is 27.2 Å². The molecular formula is C11H21N3O. The van der Waals surface area contributed by atoms with Crippen LogP contribution in [0.25, 0.3) is 0 Å². The van der Waals surface area contributed by atoms with Crippen LogP contribution in [0.15, 0.2) is 0 Å². The molecule has 4 heteroatoms. The van der Waals surface area contributed by atoms with Crippen LogP contribution in [-0.4, -0.2) is 48.4 Å². The fraction of sp³-hybridized carbons (Fsp3) is 0.818. The zero-order valence-electron chi connectivity index (χ0n) is 10.2. The Morgan fingerprint density at radius 1 is 1.33 bits per heavy atom. The molecule has 86 valence electrons. The molecule has 1 atom stereocenters. The molecule has 1 unspecified atom stereocenters. The minimum absolute atomic E-state index is 0.0937. The number of nitriles is 1. The van der Waals surface area contributed by atoms with Crippen LogP contribution in [0.5, 0.6) is 0 Å². The second kappa shape index (κ2) is 7.24. The molecule has 0 aromatic rings. The van der Waals surface area contributed by atoms with E-state index in [-0.39, 0.29) is 11.9 Å². The number of nitrogens with zero attached hydrogens (tertiary/aromatic N) is 3. The number of hydrogen-bond acceptors (Lipinski definition) is 3. The van der Waals surface area contributed by atoms with Crippen molar-refractivity contribution in [3.63, 3.8) is 0 Å². The van der Waals surface area contributed by atoms with Gasteiger partial charge in [0.15, 0.2) is 0 Å². The normalized spacial score (nSPS) is 12.3. The predicted octanol–water partition coefficient (Wildman–Crippen LogP) is 1.09. The Balaban J connectivity index is 4.22. The van der Waals surface area contributed by atoms with Crippen molar-refractivity contribution in [2.75, 3.05) is 26.7 Å². The lowest BCUT2D eigenvalue weighted by Gasteiger charge is -2.25. The number of amides is 1. The fourth-order valence-corrected chi connectivity index (χ4v) is 1.50. The number of carbonyl (C=O) groups excluding carboxylic acids is 1. The van der Waals surface area contributed by atoms with Gasteiger partial charge in [-0.05, 0) is 27.3 Å². The van der Waals surface area contributed by atoms with Gasteiger partial charge < -0.3 is 4.90 Å². The maximum absolute atomic E-state index is 11.7. The molecule has 0 rings (SSSR count). The first-order valence-electron chi connectivity index (χ1n) is 5.48. The molecule has 4 nitrogen and oxygen atoms in total. The third-order valence-electron chi connectivity index (χ3n) is 2.57. The van der Waals surface area contributed by atoms with Gasteiger partial charge in [-0.3, -0.25) is 9.69 Å². The van der Waals surface area contributed by atoms with Gasteiger partial charge >= 0.3 is 0 Å². The third kappa shape index (κ3) is 4.30. The van der Waals surface area contributed by atoms with Crippen LogP contribution in [0.3, 0.4) is 0 Å². The smallest absolute Gasteiger partial charge is 0.236 e. The van der Waals surface area contributed by atoms with Crippen LogP contribution in [0, 0.1) is 11.3 Å². The second-order valence-corrected chi connectivity index (χ2v) is 3.53. The third-order valence-corrected chi connectivity index (χ3v) is 2.57. The van der Waals surface area contributed by atoms with Gasteiger partial charge in [0.25, 0.3) is 0 Å². The molecule has 0 bridgehead atoms. The molecule has 0 aromatic heterocycles. The van der Waals surface area contributed by atoms with Crippen molar-refractivity contribution in [1.29, 1.82) is 5.26 Å². The van der Waals surface area contributed by atoms with E-state index in [2.05, 4.69) is 6.07 Å². The highest BCUT2D eigenvalue weighted by Gasteiger charge is 2.17. The molecule has 0 saturated carbocycles. The zero-order chi connectivity index (χ0) is 11.8. The summed E-state index contributed by atoms with van der Waals surface area (Å²) in [5.41, 5.74) is 0. The van der Waals surface area contributed by atoms with Crippen LogP contribution < -0.4 is 0 Å². The molecule has 0 radical (unpaired) electrons. The van der Waals surface area contributed by atoms with Gasteiger partial charge in [0.1, 0.15) is 0 Å². The molecule has 0 fully saturated rings. The van der Waals surface area contributed by atoms with E-state index < -0.39 is 0 Å². The largest absolute Gasteiger partial charge is 0.342 e. The van der Waals surface area contributed by atoms with E-state index in [1.165, 1.54) is 0 Å². The van der Waals surface area contributed by atoms with Crippen molar-refractivity contribution in [1.82, 2.24) is 9.80 Å². The number of rotatable bonds is 6. The second-order valence-electron chi connectivity index (χ2n) is 3.53. The van der Waals surface area contributed by atoms with E-state index in [0.29, 0.717) is 6.54 Å². The first kappa shape index (κ1) is 13.9. The van der Waals surface area contributed by atoms with Crippen molar-refractivity contribution in [3.8, 4) is 6.07 Å². The monoisotopic (exact) mass is 211 g/mol. The summed E-state index contributed by atoms with van der Waals surface area (Å²) in [6, 6.07) is 2.02. The first-order chi connectivity index (χ1) is 7.10. The number of hydrogen-bond donors (Lipinski definition) is 0. The summed E-state index contributed by atoms with van der Waals surface area (Å²) in [6.07, 6.45) is 0.749. The summed E-state index contributed by atoms with van der Waals surface area (Å²) in [5.74, 6) is 0.0937. The Kier molecular flexibility index (Phi) is 6.72. The molecule has 1 amide bonds. The van der Waals surface area contributed by atoms with Gasteiger partial charge in [0.2, 0.25) is 5.91 Å². The summed E-state index contributed by atoms with van der Waals surface area (Å²) in [5, 5.41) is 8.85. The van der Waals surface area contributed by atoms with E-state index in [9.17, 15) is 4.79 Å². The summed E-state index contributed by atoms with van der Waals surface area (Å²) in [6.45, 7) is 7.66. The van der Waals surface area contributed by atoms with Crippen molar-refractivity contribution >= 4 is 5.91 Å². The predicted molar refractivity (Wildman–Crippen MR) is 60.3 cm³/mol. The van der Waals surface area contributed by atoms with E-state index in [1.54, 1.807) is 9.80 Å². The molecule has 0 aliphatic carbocycles. The molecule has 0 spiro atoms. The topological polar surface area (TPSA) is 47.3 Å². The standard InChI is InChI=1S/C11H21N3O/c1-5-10(8-12)13(4)9-11(15)14(6-2)7-3/h10H,5-7,9H2,1-4H3. The van der Waals surface area contributed by atoms with Crippen LogP contribution in [-0.2, 0) is 4.79 Å². The molecule has 0 aromatic carbocycles. The van der Waals surface area contributed by atoms with Gasteiger partial charge in [0, 0.05) is 13.1 Å². The Labute approximate surface area is 92.5 Å². The van der Waals surface area contributed by atoms with Gasteiger partial charge in [-0.1, -0.05) is 6.92 Å². The van der Waals surface area contributed by atoms with Crippen molar-refractivity contribution < 1.29 is 4.79 Å². The number of carbonyl (C=O) groups is 1. The van der Waals surface area contributed by atoms with Crippen molar-refractivity contribution in [3.05, 3.63) is 0 Å². The van der Waals surface area contributed by atoms with Crippen molar-refractivity contribution in [2.45, 2.75) is 33.2 Å². The lowest BCUT2D eigenvalue weighted by atomic mass is 10.2. The average Bonchev–Trinajstić information content (AvgIpc) is 2.21. The van der Waals surface area contributed by atoms with E-state index in [1.807, 2.05) is 27.8 Å². The zero-order valence-corrected chi connectivity index (χ0v) is 10.2. The van der Waals surface area contributed by atoms with Crippen LogP contribution in [0.4, 0.5) is 0 Å². The molecular weight excluding hydrogens is 190 g/mol. The highest BCUT2D eigenvalue weighted by atomic mass is 16.2. The Hall–Kier alpha value is -1.08. The Bertz CT molecular complexity index is 230. The van der Waals surface area contributed by atoms with Gasteiger partial charge in [0.05, 0.1) is 18.7 Å². The lowest BCUT2D eigenvalue weighted by Crippen LogP contribution is -2.42. The summed E-state index contributed by atoms with van der Waals surface area (Å²) < 4.78 is 0. The Morgan fingerprint density at radius 2 is 1.87 bits per heavy atom. The quantitative estimate of drug-likeness (QED) is 0.660. The van der Waals surface area contributed by atoms with E-state index in [4.69, 9.17) is 5.26 Å². The molecule has 0 aliphatic heterocycles. The highest BCUT2D eigenvalue weighted by Crippen LogP contribution is 2.01. The van der Waals surface area contributed by atoms with E-state index >= 15 is 0 Å². The summed E-state index contributed by atoms with van der Waals surface area (Å²) in [4.78, 5) is 15.3. The maximum atomic E-state index is 11.7. The highest BCUT2D eigenvalue weighted by molar-refractivity contribution is 5.78. The fourth-order valence-electron chi connectivity index (χ4n) is 1.50. The van der Waals surface area contributed by atoms with Crippen LogP contribution in [0.2, 0.25) is 0 Å². The SMILES string of the molecule is CCC(C#N)N(C)CC(=O)N(CC)CC. The van der Waals surface area contributed by atoms with Gasteiger partial charge in [-0.15, -0.1) is 0 Å². The van der Waals surface area contributed by atoms with Gasteiger partial charge in [-0.25, -0.2) is 0 Å². The summed E-state index contributed by atoms with van der Waals surface area (Å²) >= 11 is 0. The maximum Gasteiger partial charge on any atom is 0.236 e. The van der Waals surface area contributed by atoms with E-state index in [0.717, 1.165) is 19.5 Å². The Morgan fingerprint density at radius 3 is 2.20 bits per heavy atom. The molecule has 0 heterocycles. The molecule has 15 heavy (non-hydrogen) atoms. The first-order valence-corrected chi connectivity index (χ1v) is 5.48. The molecule has 0 aliphatic rings. The molecule has 0 N–H and O–H groups in total. The average molecular weight is 211 g/mol. The number of likely N-dealkylation sites (N-methyl/N-ethyl adjacent to an activating group) is 2.